The molecule has 0 radical (unpaired) electrons. The number of fused-ring (bicyclic) bond motifs is 1. The van der Waals surface area contributed by atoms with Gasteiger partial charge >= 0.3 is 0 Å². The lowest BCUT2D eigenvalue weighted by atomic mass is 10.1. The first-order valence-electron chi connectivity index (χ1n) is 10.3. The first kappa shape index (κ1) is 20.4. The number of rotatable bonds is 6. The van der Waals surface area contributed by atoms with E-state index in [1.165, 1.54) is 5.56 Å². The molecule has 1 fully saturated rings. The molecule has 1 aromatic heterocycles. The van der Waals surface area contributed by atoms with Gasteiger partial charge in [0, 0.05) is 50.8 Å². The number of nitrogens with zero attached hydrogens (tertiary/aromatic N) is 2. The maximum absolute atomic E-state index is 13.3. The standard InChI is InChI=1S/C24H28N2O4/c1-28-17-21-20-6-3-4-7-22(20)30-23(21)24(27)26-13-5-12-25(14-15-26)16-18-8-10-19(29-2)11-9-18/h3-4,6-11H,5,12-17H2,1-2H3. The molecule has 2 aromatic carbocycles. The number of benzene rings is 2. The first-order chi connectivity index (χ1) is 14.7. The lowest BCUT2D eigenvalue weighted by molar-refractivity contribution is 0.0725. The Morgan fingerprint density at radius 3 is 2.57 bits per heavy atom. The third-order valence-corrected chi connectivity index (χ3v) is 5.62. The van der Waals surface area contributed by atoms with Crippen LogP contribution >= 0.6 is 0 Å². The molecule has 1 aliphatic heterocycles. The van der Waals surface area contributed by atoms with Crippen LogP contribution in [0.15, 0.2) is 52.9 Å². The Hall–Kier alpha value is -2.83. The molecule has 3 aromatic rings. The summed E-state index contributed by atoms with van der Waals surface area (Å²) < 4.78 is 16.5. The van der Waals surface area contributed by atoms with E-state index in [0.29, 0.717) is 18.9 Å². The van der Waals surface area contributed by atoms with Gasteiger partial charge in [0.05, 0.1) is 13.7 Å². The van der Waals surface area contributed by atoms with E-state index in [4.69, 9.17) is 13.9 Å². The average Bonchev–Trinajstić information content (AvgIpc) is 2.97. The minimum atomic E-state index is -0.0513. The summed E-state index contributed by atoms with van der Waals surface area (Å²) in [5.41, 5.74) is 2.80. The van der Waals surface area contributed by atoms with Crippen LogP contribution in [-0.4, -0.2) is 56.1 Å². The molecule has 0 bridgehead atoms. The summed E-state index contributed by atoms with van der Waals surface area (Å²) in [5, 5.41) is 0.943. The molecule has 0 atom stereocenters. The van der Waals surface area contributed by atoms with Crippen molar-refractivity contribution in [2.45, 2.75) is 19.6 Å². The molecule has 6 nitrogen and oxygen atoms in total. The fourth-order valence-electron chi connectivity index (χ4n) is 4.02. The predicted octanol–water partition coefficient (Wildman–Crippen LogP) is 3.94. The van der Waals surface area contributed by atoms with Gasteiger partial charge in [-0.3, -0.25) is 9.69 Å². The normalized spacial score (nSPS) is 15.3. The van der Waals surface area contributed by atoms with E-state index in [9.17, 15) is 4.79 Å². The van der Waals surface area contributed by atoms with Crippen LogP contribution in [0.25, 0.3) is 11.0 Å². The van der Waals surface area contributed by atoms with Crippen LogP contribution in [0.2, 0.25) is 0 Å². The second kappa shape index (κ2) is 9.32. The van der Waals surface area contributed by atoms with Gasteiger partial charge in [-0.25, -0.2) is 0 Å². The topological polar surface area (TPSA) is 55.2 Å². The molecule has 2 heterocycles. The van der Waals surface area contributed by atoms with Gasteiger partial charge in [0.25, 0.3) is 5.91 Å². The number of ether oxygens (including phenoxy) is 2. The molecule has 0 aliphatic carbocycles. The van der Waals surface area contributed by atoms with Crippen molar-refractivity contribution < 1.29 is 18.7 Å². The van der Waals surface area contributed by atoms with E-state index in [2.05, 4.69) is 17.0 Å². The zero-order chi connectivity index (χ0) is 20.9. The quantitative estimate of drug-likeness (QED) is 0.618. The number of carbonyl (C=O) groups excluding carboxylic acids is 1. The van der Waals surface area contributed by atoms with Crippen LogP contribution in [0.4, 0.5) is 0 Å². The first-order valence-corrected chi connectivity index (χ1v) is 10.3. The van der Waals surface area contributed by atoms with Gasteiger partial charge < -0.3 is 18.8 Å². The number of methoxy groups -OCH3 is 2. The Labute approximate surface area is 177 Å². The SMILES string of the molecule is COCc1c(C(=O)N2CCCN(Cc3ccc(OC)cc3)CC2)oc2ccccc12. The molecule has 4 rings (SSSR count). The number of furan rings is 1. The highest BCUT2D eigenvalue weighted by Crippen LogP contribution is 2.28. The summed E-state index contributed by atoms with van der Waals surface area (Å²) >= 11 is 0. The largest absolute Gasteiger partial charge is 0.497 e. The Balaban J connectivity index is 1.46. The molecule has 0 spiro atoms. The van der Waals surface area contributed by atoms with Crippen LogP contribution in [0, 0.1) is 0 Å². The second-order valence-corrected chi connectivity index (χ2v) is 7.61. The van der Waals surface area contributed by atoms with E-state index >= 15 is 0 Å². The van der Waals surface area contributed by atoms with Crippen molar-refractivity contribution >= 4 is 16.9 Å². The minimum absolute atomic E-state index is 0.0513. The maximum Gasteiger partial charge on any atom is 0.290 e. The van der Waals surface area contributed by atoms with Crippen molar-refractivity contribution in [1.29, 1.82) is 0 Å². The number of hydrogen-bond donors (Lipinski definition) is 0. The predicted molar refractivity (Wildman–Crippen MR) is 116 cm³/mol. The fraction of sp³-hybridized carbons (Fsp3) is 0.375. The zero-order valence-electron chi connectivity index (χ0n) is 17.6. The van der Waals surface area contributed by atoms with E-state index in [-0.39, 0.29) is 5.91 Å². The Morgan fingerprint density at radius 1 is 1.00 bits per heavy atom. The highest BCUT2D eigenvalue weighted by Gasteiger charge is 2.26. The lowest BCUT2D eigenvalue weighted by Gasteiger charge is -2.22. The van der Waals surface area contributed by atoms with E-state index in [1.807, 2.05) is 41.3 Å². The van der Waals surface area contributed by atoms with E-state index < -0.39 is 0 Å². The van der Waals surface area contributed by atoms with Crippen molar-refractivity contribution in [2.24, 2.45) is 0 Å². The maximum atomic E-state index is 13.3. The van der Waals surface area contributed by atoms with Gasteiger partial charge in [-0.15, -0.1) is 0 Å². The van der Waals surface area contributed by atoms with Gasteiger partial charge in [0.1, 0.15) is 11.3 Å². The Bertz CT molecular complexity index is 996. The molecule has 1 saturated heterocycles. The summed E-state index contributed by atoms with van der Waals surface area (Å²) in [4.78, 5) is 17.6. The van der Waals surface area contributed by atoms with Crippen LogP contribution in [0.1, 0.15) is 28.1 Å². The highest BCUT2D eigenvalue weighted by atomic mass is 16.5. The molecule has 1 aliphatic rings. The fourth-order valence-corrected chi connectivity index (χ4v) is 4.02. The lowest BCUT2D eigenvalue weighted by Crippen LogP contribution is -2.35. The third kappa shape index (κ3) is 4.35. The van der Waals surface area contributed by atoms with Gasteiger partial charge in [-0.2, -0.15) is 0 Å². The van der Waals surface area contributed by atoms with Crippen LogP contribution in [0.3, 0.4) is 0 Å². The summed E-state index contributed by atoms with van der Waals surface area (Å²) in [6, 6.07) is 15.9. The van der Waals surface area contributed by atoms with Crippen molar-refractivity contribution in [3.8, 4) is 5.75 Å². The number of para-hydroxylation sites is 1. The van der Waals surface area contributed by atoms with E-state index in [0.717, 1.165) is 54.9 Å². The number of hydrogen-bond acceptors (Lipinski definition) is 5. The van der Waals surface area contributed by atoms with Crippen molar-refractivity contribution in [3.05, 3.63) is 65.4 Å². The summed E-state index contributed by atoms with van der Waals surface area (Å²) in [7, 11) is 3.31. The van der Waals surface area contributed by atoms with Crippen LogP contribution in [0.5, 0.6) is 5.75 Å². The van der Waals surface area contributed by atoms with Gasteiger partial charge in [-0.05, 0) is 30.2 Å². The summed E-state index contributed by atoms with van der Waals surface area (Å²) in [5.74, 6) is 1.22. The summed E-state index contributed by atoms with van der Waals surface area (Å²) in [6.07, 6.45) is 0.932. The summed E-state index contributed by atoms with van der Waals surface area (Å²) in [6.45, 7) is 4.42. The number of amides is 1. The molecule has 158 valence electrons. The molecular weight excluding hydrogens is 380 g/mol. The van der Waals surface area contributed by atoms with Crippen LogP contribution < -0.4 is 4.74 Å². The van der Waals surface area contributed by atoms with E-state index in [1.54, 1.807) is 14.2 Å². The monoisotopic (exact) mass is 408 g/mol. The Morgan fingerprint density at radius 2 is 1.80 bits per heavy atom. The second-order valence-electron chi connectivity index (χ2n) is 7.61. The molecule has 0 unspecified atom stereocenters. The van der Waals surface area contributed by atoms with Gasteiger partial charge in [0.2, 0.25) is 0 Å². The highest BCUT2D eigenvalue weighted by molar-refractivity contribution is 5.99. The van der Waals surface area contributed by atoms with Gasteiger partial charge in [-0.1, -0.05) is 30.3 Å². The molecule has 6 heteroatoms. The smallest absolute Gasteiger partial charge is 0.290 e. The zero-order valence-corrected chi connectivity index (χ0v) is 17.6. The minimum Gasteiger partial charge on any atom is -0.497 e. The molecule has 0 N–H and O–H groups in total. The van der Waals surface area contributed by atoms with Crippen LogP contribution in [-0.2, 0) is 17.9 Å². The average molecular weight is 408 g/mol. The number of carbonyl (C=O) groups is 1. The molecule has 1 amide bonds. The molecular formula is C24H28N2O4. The molecule has 0 saturated carbocycles. The van der Waals surface area contributed by atoms with Crippen molar-refractivity contribution in [3.63, 3.8) is 0 Å². The molecule has 30 heavy (non-hydrogen) atoms. The van der Waals surface area contributed by atoms with Crippen molar-refractivity contribution in [2.75, 3.05) is 40.4 Å². The van der Waals surface area contributed by atoms with Gasteiger partial charge in [0.15, 0.2) is 5.76 Å². The Kier molecular flexibility index (Phi) is 6.35. The third-order valence-electron chi connectivity index (χ3n) is 5.62. The van der Waals surface area contributed by atoms with Crippen molar-refractivity contribution in [1.82, 2.24) is 9.80 Å².